The van der Waals surface area contributed by atoms with Crippen molar-refractivity contribution >= 4 is 5.97 Å². The highest BCUT2D eigenvalue weighted by Crippen LogP contribution is 2.42. The fraction of sp³-hybridized carbons (Fsp3) is 0.769. The molecule has 3 nitrogen and oxygen atoms in total. The van der Waals surface area contributed by atoms with Gasteiger partial charge in [-0.05, 0) is 19.8 Å². The largest absolute Gasteiger partial charge is 0.459 e. The van der Waals surface area contributed by atoms with Crippen molar-refractivity contribution < 1.29 is 14.3 Å². The Balaban J connectivity index is 2.66. The second-order valence-corrected chi connectivity index (χ2v) is 4.86. The molecule has 1 fully saturated rings. The molecule has 1 rings (SSSR count). The number of hydrogen-bond acceptors (Lipinski definition) is 3. The lowest BCUT2D eigenvalue weighted by atomic mass is 9.69. The zero-order valence-corrected chi connectivity index (χ0v) is 10.7. The fourth-order valence-corrected chi connectivity index (χ4v) is 2.04. The molecule has 92 valence electrons. The van der Waals surface area contributed by atoms with E-state index in [1.165, 1.54) is 0 Å². The predicted molar refractivity (Wildman–Crippen MR) is 63.1 cm³/mol. The van der Waals surface area contributed by atoms with Gasteiger partial charge in [-0.15, -0.1) is 0 Å². The van der Waals surface area contributed by atoms with E-state index in [9.17, 15) is 4.79 Å². The number of ether oxygens (including phenoxy) is 2. The van der Waals surface area contributed by atoms with Crippen LogP contribution in [-0.4, -0.2) is 25.3 Å². The van der Waals surface area contributed by atoms with Gasteiger partial charge in [0.25, 0.3) is 0 Å². The SMILES string of the molecule is C=C(C)C(=O)OC(C)C1(C(C)CC)COC1. The third-order valence-electron chi connectivity index (χ3n) is 3.78. The van der Waals surface area contributed by atoms with Gasteiger partial charge in [-0.2, -0.15) is 0 Å². The third kappa shape index (κ3) is 2.29. The first kappa shape index (κ1) is 13.2. The van der Waals surface area contributed by atoms with Crippen LogP contribution >= 0.6 is 0 Å². The van der Waals surface area contributed by atoms with Crippen molar-refractivity contribution in [3.63, 3.8) is 0 Å². The molecule has 1 aliphatic heterocycles. The van der Waals surface area contributed by atoms with Crippen molar-refractivity contribution in [2.24, 2.45) is 11.3 Å². The quantitative estimate of drug-likeness (QED) is 0.534. The van der Waals surface area contributed by atoms with Crippen LogP contribution in [0, 0.1) is 11.3 Å². The Morgan fingerprint density at radius 3 is 2.38 bits per heavy atom. The van der Waals surface area contributed by atoms with E-state index in [0.29, 0.717) is 24.7 Å². The molecule has 1 heterocycles. The summed E-state index contributed by atoms with van der Waals surface area (Å²) in [5.74, 6) is 0.191. The standard InChI is InChI=1S/C13H22O3/c1-6-10(4)13(7-15-8-13)11(5)16-12(14)9(2)3/h10-11H,2,6-8H2,1,3-5H3. The van der Waals surface area contributed by atoms with Gasteiger partial charge in [-0.25, -0.2) is 4.79 Å². The van der Waals surface area contributed by atoms with Crippen LogP contribution in [0.2, 0.25) is 0 Å². The molecule has 1 aliphatic rings. The monoisotopic (exact) mass is 226 g/mol. The molecule has 0 aromatic carbocycles. The average molecular weight is 226 g/mol. The summed E-state index contributed by atoms with van der Waals surface area (Å²) in [5, 5.41) is 0. The first-order chi connectivity index (χ1) is 7.44. The summed E-state index contributed by atoms with van der Waals surface area (Å²) in [5.41, 5.74) is 0.450. The van der Waals surface area contributed by atoms with Crippen LogP contribution in [0.15, 0.2) is 12.2 Å². The van der Waals surface area contributed by atoms with Crippen molar-refractivity contribution in [1.82, 2.24) is 0 Å². The number of rotatable bonds is 5. The third-order valence-corrected chi connectivity index (χ3v) is 3.78. The summed E-state index contributed by atoms with van der Waals surface area (Å²) >= 11 is 0. The molecule has 0 spiro atoms. The Hall–Kier alpha value is -0.830. The van der Waals surface area contributed by atoms with Gasteiger partial charge in [-0.1, -0.05) is 26.8 Å². The van der Waals surface area contributed by atoms with Crippen molar-refractivity contribution in [2.75, 3.05) is 13.2 Å². The normalized spacial score (nSPS) is 21.8. The van der Waals surface area contributed by atoms with Gasteiger partial charge in [-0.3, -0.25) is 0 Å². The van der Waals surface area contributed by atoms with Crippen molar-refractivity contribution in [1.29, 1.82) is 0 Å². The summed E-state index contributed by atoms with van der Waals surface area (Å²) in [4.78, 5) is 11.5. The van der Waals surface area contributed by atoms with E-state index in [4.69, 9.17) is 9.47 Å². The minimum absolute atomic E-state index is 0.000139. The Morgan fingerprint density at radius 1 is 1.50 bits per heavy atom. The molecule has 16 heavy (non-hydrogen) atoms. The molecule has 0 aromatic rings. The van der Waals surface area contributed by atoms with Gasteiger partial charge in [0, 0.05) is 5.57 Å². The van der Waals surface area contributed by atoms with Crippen LogP contribution in [0.5, 0.6) is 0 Å². The highest BCUT2D eigenvalue weighted by Gasteiger charge is 2.49. The maximum absolute atomic E-state index is 11.5. The molecule has 0 radical (unpaired) electrons. The Kier molecular flexibility index (Phi) is 4.14. The number of esters is 1. The fourth-order valence-electron chi connectivity index (χ4n) is 2.04. The molecule has 0 N–H and O–H groups in total. The van der Waals surface area contributed by atoms with E-state index >= 15 is 0 Å². The average Bonchev–Trinajstić information content (AvgIpc) is 2.15. The van der Waals surface area contributed by atoms with Crippen LogP contribution in [0.1, 0.15) is 34.1 Å². The molecule has 3 heteroatoms. The minimum Gasteiger partial charge on any atom is -0.459 e. The second kappa shape index (κ2) is 5.00. The highest BCUT2D eigenvalue weighted by molar-refractivity contribution is 5.87. The summed E-state index contributed by atoms with van der Waals surface area (Å²) in [6.45, 7) is 12.9. The maximum Gasteiger partial charge on any atom is 0.333 e. The minimum atomic E-state index is -0.304. The van der Waals surface area contributed by atoms with Crippen LogP contribution < -0.4 is 0 Å². The molecular formula is C13H22O3. The zero-order chi connectivity index (χ0) is 12.3. The highest BCUT2D eigenvalue weighted by atomic mass is 16.6. The van der Waals surface area contributed by atoms with Gasteiger partial charge in [0.2, 0.25) is 0 Å². The lowest BCUT2D eigenvalue weighted by Gasteiger charge is -2.49. The summed E-state index contributed by atoms with van der Waals surface area (Å²) < 4.78 is 10.7. The Bertz CT molecular complexity index is 279. The Morgan fingerprint density at radius 2 is 2.06 bits per heavy atom. The van der Waals surface area contributed by atoms with Gasteiger partial charge in [0.1, 0.15) is 6.10 Å². The first-order valence-corrected chi connectivity index (χ1v) is 5.88. The van der Waals surface area contributed by atoms with Crippen LogP contribution in [0.3, 0.4) is 0 Å². The molecule has 0 aliphatic carbocycles. The van der Waals surface area contributed by atoms with Crippen LogP contribution in [0.25, 0.3) is 0 Å². The lowest BCUT2D eigenvalue weighted by Crippen LogP contribution is -2.55. The van der Waals surface area contributed by atoms with E-state index in [0.717, 1.165) is 6.42 Å². The predicted octanol–water partition coefficient (Wildman–Crippen LogP) is 2.56. The van der Waals surface area contributed by atoms with Crippen molar-refractivity contribution in [2.45, 2.75) is 40.2 Å². The summed E-state index contributed by atoms with van der Waals surface area (Å²) in [7, 11) is 0. The molecule has 1 saturated heterocycles. The molecule has 2 atom stereocenters. The number of hydrogen-bond donors (Lipinski definition) is 0. The lowest BCUT2D eigenvalue weighted by molar-refractivity contribution is -0.207. The van der Waals surface area contributed by atoms with Gasteiger partial charge in [0.15, 0.2) is 0 Å². The van der Waals surface area contributed by atoms with E-state index in [-0.39, 0.29) is 17.5 Å². The van der Waals surface area contributed by atoms with E-state index in [1.54, 1.807) is 6.92 Å². The first-order valence-electron chi connectivity index (χ1n) is 5.88. The van der Waals surface area contributed by atoms with Crippen LogP contribution in [0.4, 0.5) is 0 Å². The van der Waals surface area contributed by atoms with Gasteiger partial charge >= 0.3 is 5.97 Å². The van der Waals surface area contributed by atoms with Crippen molar-refractivity contribution in [3.8, 4) is 0 Å². The van der Waals surface area contributed by atoms with Crippen molar-refractivity contribution in [3.05, 3.63) is 12.2 Å². The van der Waals surface area contributed by atoms with E-state index < -0.39 is 0 Å². The van der Waals surface area contributed by atoms with E-state index in [2.05, 4.69) is 20.4 Å². The molecule has 0 amide bonds. The van der Waals surface area contributed by atoms with Gasteiger partial charge < -0.3 is 9.47 Å². The van der Waals surface area contributed by atoms with Gasteiger partial charge in [0.05, 0.1) is 18.6 Å². The number of carbonyl (C=O) groups is 1. The molecule has 2 unspecified atom stereocenters. The Labute approximate surface area is 97.8 Å². The second-order valence-electron chi connectivity index (χ2n) is 4.86. The zero-order valence-electron chi connectivity index (χ0n) is 10.7. The molecule has 0 bridgehead atoms. The molecule has 0 aromatic heterocycles. The van der Waals surface area contributed by atoms with E-state index in [1.807, 2.05) is 6.92 Å². The summed E-state index contributed by atoms with van der Waals surface area (Å²) in [6.07, 6.45) is 0.957. The molecular weight excluding hydrogens is 204 g/mol. The summed E-state index contributed by atoms with van der Waals surface area (Å²) in [6, 6.07) is 0. The smallest absolute Gasteiger partial charge is 0.333 e. The van der Waals surface area contributed by atoms with Crippen LogP contribution in [-0.2, 0) is 14.3 Å². The molecule has 0 saturated carbocycles. The number of carbonyl (C=O) groups excluding carboxylic acids is 1. The maximum atomic E-state index is 11.5. The topological polar surface area (TPSA) is 35.5 Å².